The molecule has 0 aromatic heterocycles. The Morgan fingerprint density at radius 2 is 2.14 bits per heavy atom. The number of rotatable bonds is 3. The lowest BCUT2D eigenvalue weighted by Gasteiger charge is -2.31. The molecular weight excluding hydrogens is 172 g/mol. The second-order valence-corrected chi connectivity index (χ2v) is 4.85. The molecule has 2 atom stereocenters. The number of nitrogens with one attached hydrogen (secondary N) is 1. The van der Waals surface area contributed by atoms with E-state index in [0.717, 1.165) is 12.1 Å². The summed E-state index contributed by atoms with van der Waals surface area (Å²) in [5.74, 6) is 0. The average Bonchev–Trinajstić information content (AvgIpc) is 2.67. The van der Waals surface area contributed by atoms with Gasteiger partial charge in [0.05, 0.1) is 0 Å². The maximum Gasteiger partial charge on any atom is 0.0195 e. The van der Waals surface area contributed by atoms with Crippen LogP contribution in [0.15, 0.2) is 0 Å². The molecule has 0 aromatic carbocycles. The number of nitrogens with zero attached hydrogens (tertiary/aromatic N) is 1. The molecule has 0 bridgehead atoms. The van der Waals surface area contributed by atoms with Crippen LogP contribution in [-0.4, -0.2) is 36.6 Å². The fourth-order valence-corrected chi connectivity index (χ4v) is 2.96. The molecule has 82 valence electrons. The molecule has 2 heteroatoms. The summed E-state index contributed by atoms with van der Waals surface area (Å²) in [6.07, 6.45) is 8.41. The Hall–Kier alpha value is -0.0800. The van der Waals surface area contributed by atoms with Crippen LogP contribution in [0.1, 0.15) is 45.4 Å². The van der Waals surface area contributed by atoms with Gasteiger partial charge >= 0.3 is 0 Å². The van der Waals surface area contributed by atoms with E-state index in [2.05, 4.69) is 17.1 Å². The van der Waals surface area contributed by atoms with Gasteiger partial charge in [-0.2, -0.15) is 0 Å². The van der Waals surface area contributed by atoms with Crippen molar-refractivity contribution in [1.29, 1.82) is 0 Å². The van der Waals surface area contributed by atoms with E-state index in [9.17, 15) is 0 Å². The van der Waals surface area contributed by atoms with Crippen molar-refractivity contribution >= 4 is 0 Å². The highest BCUT2D eigenvalue weighted by molar-refractivity contribution is 4.83. The number of hydrogen-bond donors (Lipinski definition) is 1. The highest BCUT2D eigenvalue weighted by atomic mass is 15.2. The summed E-state index contributed by atoms with van der Waals surface area (Å²) >= 11 is 0. The van der Waals surface area contributed by atoms with E-state index in [1.807, 2.05) is 0 Å². The lowest BCUT2D eigenvalue weighted by Crippen LogP contribution is -2.45. The van der Waals surface area contributed by atoms with E-state index in [4.69, 9.17) is 0 Å². The van der Waals surface area contributed by atoms with E-state index >= 15 is 0 Å². The summed E-state index contributed by atoms with van der Waals surface area (Å²) in [6, 6.07) is 1.68. The van der Waals surface area contributed by atoms with E-state index in [0.29, 0.717) is 0 Å². The molecule has 0 aromatic rings. The molecule has 0 spiro atoms. The molecular formula is C12H24N2. The summed E-state index contributed by atoms with van der Waals surface area (Å²) < 4.78 is 0. The Kier molecular flexibility index (Phi) is 3.82. The van der Waals surface area contributed by atoms with Crippen LogP contribution < -0.4 is 5.32 Å². The fraction of sp³-hybridized carbons (Fsp3) is 1.00. The van der Waals surface area contributed by atoms with Gasteiger partial charge in [-0.25, -0.2) is 0 Å². The van der Waals surface area contributed by atoms with Gasteiger partial charge in [0, 0.05) is 18.6 Å². The minimum absolute atomic E-state index is 0.788. The van der Waals surface area contributed by atoms with Gasteiger partial charge in [0.1, 0.15) is 0 Å². The van der Waals surface area contributed by atoms with Crippen molar-refractivity contribution in [1.82, 2.24) is 10.2 Å². The number of hydrogen-bond acceptors (Lipinski definition) is 2. The molecule has 2 heterocycles. The molecule has 2 rings (SSSR count). The first-order chi connectivity index (χ1) is 6.90. The fourth-order valence-electron chi connectivity index (χ4n) is 2.96. The molecule has 1 N–H and O–H groups in total. The van der Waals surface area contributed by atoms with E-state index in [1.54, 1.807) is 0 Å². The Morgan fingerprint density at radius 1 is 1.21 bits per heavy atom. The van der Waals surface area contributed by atoms with Crippen LogP contribution in [-0.2, 0) is 0 Å². The summed E-state index contributed by atoms with van der Waals surface area (Å²) in [5, 5.41) is 3.65. The normalized spacial score (nSPS) is 34.9. The lowest BCUT2D eigenvalue weighted by atomic mass is 10.0. The molecule has 1 unspecified atom stereocenters. The third-order valence-electron chi connectivity index (χ3n) is 3.84. The van der Waals surface area contributed by atoms with Gasteiger partial charge in [0.25, 0.3) is 0 Å². The van der Waals surface area contributed by atoms with Gasteiger partial charge in [-0.3, -0.25) is 4.90 Å². The van der Waals surface area contributed by atoms with Crippen LogP contribution in [0.4, 0.5) is 0 Å². The van der Waals surface area contributed by atoms with Crippen LogP contribution in [0.5, 0.6) is 0 Å². The molecule has 2 fully saturated rings. The molecule has 0 amide bonds. The standard InChI is InChI=1S/C12H24N2/c1-2-12-7-5-9-14(12)10-11-6-3-4-8-13-11/h11-13H,2-10H2,1H3/t11?,12-/m1/s1. The first-order valence-corrected chi connectivity index (χ1v) is 6.37. The Balaban J connectivity index is 1.77. The minimum atomic E-state index is 0.788. The van der Waals surface area contributed by atoms with Gasteiger partial charge in [0.15, 0.2) is 0 Å². The second kappa shape index (κ2) is 5.13. The predicted octanol–water partition coefficient (Wildman–Crippen LogP) is 2.00. The zero-order chi connectivity index (χ0) is 9.80. The van der Waals surface area contributed by atoms with Crippen LogP contribution in [0.3, 0.4) is 0 Å². The second-order valence-electron chi connectivity index (χ2n) is 4.85. The number of likely N-dealkylation sites (tertiary alicyclic amines) is 1. The SMILES string of the molecule is CC[C@@H]1CCCN1CC1CCCCN1. The van der Waals surface area contributed by atoms with Crippen LogP contribution in [0.2, 0.25) is 0 Å². The Morgan fingerprint density at radius 3 is 2.86 bits per heavy atom. The summed E-state index contributed by atoms with van der Waals surface area (Å²) in [5.41, 5.74) is 0. The maximum atomic E-state index is 3.65. The molecule has 2 aliphatic heterocycles. The van der Waals surface area contributed by atoms with Crippen molar-refractivity contribution in [2.75, 3.05) is 19.6 Å². The van der Waals surface area contributed by atoms with E-state index in [1.165, 1.54) is 58.2 Å². The monoisotopic (exact) mass is 196 g/mol. The lowest BCUT2D eigenvalue weighted by molar-refractivity contribution is 0.206. The van der Waals surface area contributed by atoms with E-state index < -0.39 is 0 Å². The summed E-state index contributed by atoms with van der Waals surface area (Å²) in [4.78, 5) is 2.71. The largest absolute Gasteiger partial charge is 0.313 e. The highest BCUT2D eigenvalue weighted by Crippen LogP contribution is 2.21. The van der Waals surface area contributed by atoms with E-state index in [-0.39, 0.29) is 0 Å². The molecule has 2 aliphatic rings. The Labute approximate surface area is 88.1 Å². The highest BCUT2D eigenvalue weighted by Gasteiger charge is 2.25. The summed E-state index contributed by atoms with van der Waals surface area (Å²) in [7, 11) is 0. The quantitative estimate of drug-likeness (QED) is 0.743. The first kappa shape index (κ1) is 10.4. The molecule has 2 saturated heterocycles. The van der Waals surface area contributed by atoms with Crippen molar-refractivity contribution in [3.05, 3.63) is 0 Å². The Bertz CT molecular complexity index is 164. The van der Waals surface area contributed by atoms with Crippen molar-refractivity contribution in [3.8, 4) is 0 Å². The zero-order valence-corrected chi connectivity index (χ0v) is 9.47. The zero-order valence-electron chi connectivity index (χ0n) is 9.47. The van der Waals surface area contributed by atoms with Gasteiger partial charge in [0.2, 0.25) is 0 Å². The average molecular weight is 196 g/mol. The van der Waals surface area contributed by atoms with Crippen LogP contribution in [0, 0.1) is 0 Å². The van der Waals surface area contributed by atoms with Crippen LogP contribution in [0.25, 0.3) is 0 Å². The van der Waals surface area contributed by atoms with Crippen molar-refractivity contribution in [2.24, 2.45) is 0 Å². The first-order valence-electron chi connectivity index (χ1n) is 6.37. The topological polar surface area (TPSA) is 15.3 Å². The molecule has 2 nitrogen and oxygen atoms in total. The minimum Gasteiger partial charge on any atom is -0.313 e. The van der Waals surface area contributed by atoms with Crippen molar-refractivity contribution < 1.29 is 0 Å². The van der Waals surface area contributed by atoms with Gasteiger partial charge in [-0.1, -0.05) is 13.3 Å². The third-order valence-corrected chi connectivity index (χ3v) is 3.84. The van der Waals surface area contributed by atoms with Gasteiger partial charge < -0.3 is 5.32 Å². The smallest absolute Gasteiger partial charge is 0.0195 e. The molecule has 0 aliphatic carbocycles. The van der Waals surface area contributed by atoms with Gasteiger partial charge in [-0.05, 0) is 45.2 Å². The van der Waals surface area contributed by atoms with Crippen molar-refractivity contribution in [2.45, 2.75) is 57.5 Å². The maximum absolute atomic E-state index is 3.65. The molecule has 14 heavy (non-hydrogen) atoms. The predicted molar refractivity (Wildman–Crippen MR) is 60.5 cm³/mol. The molecule has 0 radical (unpaired) electrons. The summed E-state index contributed by atoms with van der Waals surface area (Å²) in [6.45, 7) is 6.22. The van der Waals surface area contributed by atoms with Gasteiger partial charge in [-0.15, -0.1) is 0 Å². The number of piperidine rings is 1. The van der Waals surface area contributed by atoms with Crippen LogP contribution >= 0.6 is 0 Å². The molecule has 0 saturated carbocycles. The van der Waals surface area contributed by atoms with Crippen molar-refractivity contribution in [3.63, 3.8) is 0 Å². The third kappa shape index (κ3) is 2.48.